The third-order valence-electron chi connectivity index (χ3n) is 5.65. The van der Waals surface area contributed by atoms with Crippen LogP contribution in [0.3, 0.4) is 0 Å². The number of nitrogens with one attached hydrogen (secondary N) is 3. The smallest absolute Gasteiger partial charge is 0.335 e. The summed E-state index contributed by atoms with van der Waals surface area (Å²) in [6.45, 7) is 0.566. The van der Waals surface area contributed by atoms with Crippen molar-refractivity contribution in [3.05, 3.63) is 85.9 Å². The molecule has 9 heteroatoms. The number of methoxy groups -OCH3 is 1. The van der Waals surface area contributed by atoms with Crippen molar-refractivity contribution in [3.8, 4) is 17.3 Å². The maximum Gasteiger partial charge on any atom is 0.335 e. The lowest BCUT2D eigenvalue weighted by Gasteiger charge is -2.25. The molecule has 1 atom stereocenters. The Morgan fingerprint density at radius 1 is 1.13 bits per heavy atom. The van der Waals surface area contributed by atoms with Gasteiger partial charge in [-0.05, 0) is 54.4 Å². The summed E-state index contributed by atoms with van der Waals surface area (Å²) in [5.74, 6) is -0.259. The standard InChI is InChI=1S/C22H19FN4O4/c1-31-13-6-7-16-15(10-13)14-8-9-24-19(18(14)25-16)17-20(28)26-22(30)27(21(17)29)12-4-2-11(23)3-5-12/h2-7,10,19,24-25,29H,8-9H2,1H3,(H,26,28,30)/t19-/m0/s1. The van der Waals surface area contributed by atoms with Gasteiger partial charge in [0.1, 0.15) is 17.1 Å². The molecular formula is C22H19FN4O4. The van der Waals surface area contributed by atoms with E-state index in [1.54, 1.807) is 7.11 Å². The van der Waals surface area contributed by atoms with Crippen LogP contribution in [0.25, 0.3) is 16.6 Å². The van der Waals surface area contributed by atoms with Gasteiger partial charge in [0.25, 0.3) is 5.56 Å². The van der Waals surface area contributed by atoms with E-state index in [0.717, 1.165) is 38.9 Å². The zero-order valence-electron chi connectivity index (χ0n) is 16.5. The fraction of sp³-hybridized carbons (Fsp3) is 0.182. The highest BCUT2D eigenvalue weighted by Gasteiger charge is 2.31. The van der Waals surface area contributed by atoms with Gasteiger partial charge in [0.15, 0.2) is 0 Å². The summed E-state index contributed by atoms with van der Waals surface area (Å²) in [5, 5.41) is 15.2. The molecule has 0 spiro atoms. The number of aromatic nitrogens is 3. The average Bonchev–Trinajstić information content (AvgIpc) is 3.13. The number of nitrogens with zero attached hydrogens (tertiary/aromatic N) is 1. The molecule has 1 aliphatic heterocycles. The minimum Gasteiger partial charge on any atom is -0.497 e. The van der Waals surface area contributed by atoms with Crippen LogP contribution in [0.15, 0.2) is 52.1 Å². The zero-order chi connectivity index (χ0) is 21.7. The number of fused-ring (bicyclic) bond motifs is 3. The summed E-state index contributed by atoms with van der Waals surface area (Å²) in [4.78, 5) is 30.8. The third kappa shape index (κ3) is 3.01. The van der Waals surface area contributed by atoms with E-state index < -0.39 is 29.0 Å². The number of rotatable bonds is 3. The molecule has 0 bridgehead atoms. The first-order valence-corrected chi connectivity index (χ1v) is 9.74. The first kappa shape index (κ1) is 19.1. The van der Waals surface area contributed by atoms with Crippen LogP contribution in [0.4, 0.5) is 4.39 Å². The summed E-state index contributed by atoms with van der Waals surface area (Å²) in [6.07, 6.45) is 0.718. The van der Waals surface area contributed by atoms with Gasteiger partial charge in [-0.15, -0.1) is 0 Å². The highest BCUT2D eigenvalue weighted by molar-refractivity contribution is 5.86. The number of hydrogen-bond acceptors (Lipinski definition) is 5. The number of aromatic hydroxyl groups is 1. The SMILES string of the molecule is COc1ccc2[nH]c3c(c2c1)CCN[C@H]3c1c(O)n(-c2ccc(F)cc2)c(=O)[nH]c1=O. The van der Waals surface area contributed by atoms with Crippen LogP contribution in [-0.2, 0) is 6.42 Å². The molecule has 2 aromatic heterocycles. The highest BCUT2D eigenvalue weighted by atomic mass is 19.1. The Kier molecular flexibility index (Phi) is 4.40. The quantitative estimate of drug-likeness (QED) is 0.404. The zero-order valence-corrected chi connectivity index (χ0v) is 16.5. The molecule has 0 saturated heterocycles. The molecule has 3 heterocycles. The van der Waals surface area contributed by atoms with Crippen molar-refractivity contribution in [2.45, 2.75) is 12.5 Å². The van der Waals surface area contributed by atoms with Gasteiger partial charge in [-0.3, -0.25) is 9.78 Å². The number of benzene rings is 2. The number of hydrogen-bond donors (Lipinski definition) is 4. The van der Waals surface area contributed by atoms with Gasteiger partial charge in [0.05, 0.1) is 18.8 Å². The second kappa shape index (κ2) is 7.13. The van der Waals surface area contributed by atoms with E-state index in [9.17, 15) is 19.1 Å². The molecular weight excluding hydrogens is 403 g/mol. The molecule has 158 valence electrons. The van der Waals surface area contributed by atoms with Crippen LogP contribution in [-0.4, -0.2) is 33.3 Å². The molecule has 0 amide bonds. The van der Waals surface area contributed by atoms with Gasteiger partial charge in [0.2, 0.25) is 5.88 Å². The van der Waals surface area contributed by atoms with E-state index in [4.69, 9.17) is 4.74 Å². The summed E-state index contributed by atoms with van der Waals surface area (Å²) in [6, 6.07) is 10.1. The summed E-state index contributed by atoms with van der Waals surface area (Å²) in [5.41, 5.74) is 1.36. The molecule has 2 aromatic carbocycles. The monoisotopic (exact) mass is 422 g/mol. The van der Waals surface area contributed by atoms with E-state index >= 15 is 0 Å². The fourth-order valence-corrected chi connectivity index (χ4v) is 4.21. The van der Waals surface area contributed by atoms with Crippen molar-refractivity contribution in [2.75, 3.05) is 13.7 Å². The van der Waals surface area contributed by atoms with Crippen LogP contribution < -0.4 is 21.3 Å². The largest absolute Gasteiger partial charge is 0.497 e. The first-order chi connectivity index (χ1) is 15.0. The number of ether oxygens (including phenoxy) is 1. The second-order valence-corrected chi connectivity index (χ2v) is 7.37. The lowest BCUT2D eigenvalue weighted by atomic mass is 9.95. The van der Waals surface area contributed by atoms with E-state index in [-0.39, 0.29) is 11.3 Å². The van der Waals surface area contributed by atoms with Crippen LogP contribution in [0.2, 0.25) is 0 Å². The maximum atomic E-state index is 13.3. The van der Waals surface area contributed by atoms with E-state index in [1.165, 1.54) is 24.3 Å². The van der Waals surface area contributed by atoms with E-state index in [0.29, 0.717) is 6.54 Å². The lowest BCUT2D eigenvalue weighted by molar-refractivity contribution is 0.409. The molecule has 0 fully saturated rings. The minimum absolute atomic E-state index is 0.00314. The van der Waals surface area contributed by atoms with Crippen molar-refractivity contribution in [1.82, 2.24) is 19.9 Å². The van der Waals surface area contributed by atoms with Crippen molar-refractivity contribution >= 4 is 10.9 Å². The molecule has 31 heavy (non-hydrogen) atoms. The van der Waals surface area contributed by atoms with Gasteiger partial charge in [-0.1, -0.05) is 0 Å². The Balaban J connectivity index is 1.72. The molecule has 0 unspecified atom stereocenters. The Morgan fingerprint density at radius 2 is 1.90 bits per heavy atom. The van der Waals surface area contributed by atoms with Gasteiger partial charge in [-0.25, -0.2) is 13.8 Å². The Hall–Kier alpha value is -3.85. The number of aromatic amines is 2. The number of H-pyrrole nitrogens is 2. The average molecular weight is 422 g/mol. The minimum atomic E-state index is -0.810. The normalized spacial score (nSPS) is 15.7. The molecule has 1 aliphatic rings. The summed E-state index contributed by atoms with van der Waals surface area (Å²) >= 11 is 0. The number of halogens is 1. The van der Waals surface area contributed by atoms with Crippen molar-refractivity contribution in [3.63, 3.8) is 0 Å². The summed E-state index contributed by atoms with van der Waals surface area (Å²) < 4.78 is 19.6. The van der Waals surface area contributed by atoms with Gasteiger partial charge in [-0.2, -0.15) is 0 Å². The first-order valence-electron chi connectivity index (χ1n) is 9.74. The molecule has 4 aromatic rings. The van der Waals surface area contributed by atoms with Gasteiger partial charge in [0, 0.05) is 23.1 Å². The summed E-state index contributed by atoms with van der Waals surface area (Å²) in [7, 11) is 1.60. The molecule has 0 saturated carbocycles. The predicted octanol–water partition coefficient (Wildman–Crippen LogP) is 2.10. The van der Waals surface area contributed by atoms with Crippen LogP contribution in [0.1, 0.15) is 22.9 Å². The van der Waals surface area contributed by atoms with Gasteiger partial charge >= 0.3 is 5.69 Å². The van der Waals surface area contributed by atoms with E-state index in [1.807, 2.05) is 18.2 Å². The highest BCUT2D eigenvalue weighted by Crippen LogP contribution is 2.36. The Labute approximate surface area is 174 Å². The molecule has 5 rings (SSSR count). The molecule has 0 radical (unpaired) electrons. The van der Waals surface area contributed by atoms with Crippen LogP contribution in [0, 0.1) is 5.82 Å². The lowest BCUT2D eigenvalue weighted by Crippen LogP contribution is -2.38. The van der Waals surface area contributed by atoms with Crippen molar-refractivity contribution in [2.24, 2.45) is 0 Å². The fourth-order valence-electron chi connectivity index (χ4n) is 4.21. The molecule has 0 aliphatic carbocycles. The molecule has 4 N–H and O–H groups in total. The Morgan fingerprint density at radius 3 is 2.65 bits per heavy atom. The van der Waals surface area contributed by atoms with Gasteiger partial charge < -0.3 is 20.1 Å². The predicted molar refractivity (Wildman–Crippen MR) is 113 cm³/mol. The van der Waals surface area contributed by atoms with Crippen molar-refractivity contribution in [1.29, 1.82) is 0 Å². The van der Waals surface area contributed by atoms with Crippen LogP contribution >= 0.6 is 0 Å². The van der Waals surface area contributed by atoms with Crippen LogP contribution in [0.5, 0.6) is 11.6 Å². The maximum absolute atomic E-state index is 13.3. The second-order valence-electron chi connectivity index (χ2n) is 7.37. The van der Waals surface area contributed by atoms with E-state index in [2.05, 4.69) is 15.3 Å². The van der Waals surface area contributed by atoms with Crippen molar-refractivity contribution < 1.29 is 14.2 Å². The third-order valence-corrected chi connectivity index (χ3v) is 5.65. The Bertz CT molecular complexity index is 1420. The molecule has 8 nitrogen and oxygen atoms in total. The topological polar surface area (TPSA) is 112 Å².